The Hall–Kier alpha value is -2.32. The van der Waals surface area contributed by atoms with Gasteiger partial charge >= 0.3 is 0 Å². The van der Waals surface area contributed by atoms with Crippen LogP contribution in [0.2, 0.25) is 0 Å². The summed E-state index contributed by atoms with van der Waals surface area (Å²) in [5.41, 5.74) is -0.323. The molecular formula is C20H24N2O5S. The molecule has 0 radical (unpaired) electrons. The van der Waals surface area contributed by atoms with Crippen molar-refractivity contribution in [1.29, 1.82) is 0 Å². The van der Waals surface area contributed by atoms with E-state index in [-0.39, 0.29) is 16.2 Å². The number of likely N-dealkylation sites (tertiary alicyclic amines) is 1. The van der Waals surface area contributed by atoms with Crippen LogP contribution in [0.15, 0.2) is 52.0 Å². The number of benzene rings is 1. The number of para-hydroxylation sites is 1. The summed E-state index contributed by atoms with van der Waals surface area (Å²) in [5, 5.41) is 0. The Morgan fingerprint density at radius 1 is 1.14 bits per heavy atom. The molecule has 1 saturated heterocycles. The highest BCUT2D eigenvalue weighted by Gasteiger charge is 2.43. The van der Waals surface area contributed by atoms with E-state index in [0.29, 0.717) is 57.1 Å². The molecule has 150 valence electrons. The largest absolute Gasteiger partial charge is 0.492 e. The molecule has 28 heavy (non-hydrogen) atoms. The lowest BCUT2D eigenvalue weighted by atomic mass is 9.78. The van der Waals surface area contributed by atoms with Crippen LogP contribution in [0.25, 0.3) is 0 Å². The predicted molar refractivity (Wildman–Crippen MR) is 103 cm³/mol. The molecule has 0 N–H and O–H groups in total. The number of sulfonamides is 1. The zero-order valence-electron chi connectivity index (χ0n) is 15.8. The van der Waals surface area contributed by atoms with Crippen LogP contribution in [-0.2, 0) is 10.0 Å². The number of amides is 1. The third-order valence-corrected chi connectivity index (χ3v) is 7.67. The van der Waals surface area contributed by atoms with E-state index in [2.05, 4.69) is 0 Å². The lowest BCUT2D eigenvalue weighted by molar-refractivity contribution is 0.0289. The van der Waals surface area contributed by atoms with Gasteiger partial charge in [0.2, 0.25) is 10.0 Å². The number of carbonyl (C=O) groups excluding carboxylic acids is 1. The molecule has 8 heteroatoms. The van der Waals surface area contributed by atoms with E-state index in [1.807, 2.05) is 6.92 Å². The average molecular weight is 404 g/mol. The highest BCUT2D eigenvalue weighted by atomic mass is 32.2. The molecule has 2 aromatic rings. The van der Waals surface area contributed by atoms with Crippen LogP contribution < -0.4 is 4.74 Å². The summed E-state index contributed by atoms with van der Waals surface area (Å²) in [4.78, 5) is 14.5. The van der Waals surface area contributed by atoms with Crippen molar-refractivity contribution in [3.05, 3.63) is 48.4 Å². The number of piperidine rings is 1. The molecule has 0 unspecified atom stereocenters. The normalized spacial score (nSPS) is 21.4. The number of nitrogens with zero attached hydrogens (tertiary/aromatic N) is 2. The third-order valence-electron chi connectivity index (χ3n) is 5.71. The molecule has 1 spiro atoms. The molecule has 0 aliphatic carbocycles. The maximum absolute atomic E-state index is 13.1. The van der Waals surface area contributed by atoms with Gasteiger partial charge in [-0.2, -0.15) is 4.31 Å². The van der Waals surface area contributed by atoms with E-state index in [9.17, 15) is 13.2 Å². The van der Waals surface area contributed by atoms with Gasteiger partial charge in [0.15, 0.2) is 5.76 Å². The van der Waals surface area contributed by atoms with Gasteiger partial charge in [-0.15, -0.1) is 0 Å². The fourth-order valence-electron chi connectivity index (χ4n) is 3.98. The number of rotatable bonds is 2. The SMILES string of the molecule is CCN1CC2(CCN(C(=O)c3ccco3)CC2)COc2ccccc2S1(=O)=O. The van der Waals surface area contributed by atoms with Gasteiger partial charge in [0.25, 0.3) is 5.91 Å². The van der Waals surface area contributed by atoms with Crippen molar-refractivity contribution >= 4 is 15.9 Å². The van der Waals surface area contributed by atoms with Crippen LogP contribution in [0.3, 0.4) is 0 Å². The first-order chi connectivity index (χ1) is 13.5. The molecule has 2 aliphatic heterocycles. The first-order valence-electron chi connectivity index (χ1n) is 9.50. The molecule has 0 saturated carbocycles. The van der Waals surface area contributed by atoms with Crippen LogP contribution in [0.5, 0.6) is 5.75 Å². The molecule has 3 heterocycles. The molecule has 0 atom stereocenters. The quantitative estimate of drug-likeness (QED) is 0.769. The topological polar surface area (TPSA) is 80.1 Å². The van der Waals surface area contributed by atoms with Crippen LogP contribution in [-0.4, -0.2) is 56.3 Å². The van der Waals surface area contributed by atoms with Gasteiger partial charge in [0.1, 0.15) is 10.6 Å². The molecule has 1 fully saturated rings. The molecule has 7 nitrogen and oxygen atoms in total. The second kappa shape index (κ2) is 7.25. The summed E-state index contributed by atoms with van der Waals surface area (Å²) in [5.74, 6) is 0.600. The van der Waals surface area contributed by atoms with Gasteiger partial charge in [-0.25, -0.2) is 8.42 Å². The second-order valence-electron chi connectivity index (χ2n) is 7.44. The number of furan rings is 1. The van der Waals surface area contributed by atoms with Crippen molar-refractivity contribution in [2.24, 2.45) is 5.41 Å². The summed E-state index contributed by atoms with van der Waals surface area (Å²) in [6.45, 7) is 4.16. The van der Waals surface area contributed by atoms with Gasteiger partial charge in [0.05, 0.1) is 12.9 Å². The minimum Gasteiger partial charge on any atom is -0.492 e. The molecular weight excluding hydrogens is 380 g/mol. The fourth-order valence-corrected chi connectivity index (χ4v) is 5.68. The number of ether oxygens (including phenoxy) is 1. The Morgan fingerprint density at radius 3 is 2.57 bits per heavy atom. The van der Waals surface area contributed by atoms with E-state index in [1.54, 1.807) is 45.6 Å². The zero-order chi connectivity index (χ0) is 19.8. The van der Waals surface area contributed by atoms with Crippen molar-refractivity contribution in [3.8, 4) is 5.75 Å². The number of hydrogen-bond donors (Lipinski definition) is 0. The lowest BCUT2D eigenvalue weighted by Gasteiger charge is -2.44. The van der Waals surface area contributed by atoms with Crippen LogP contribution in [0.1, 0.15) is 30.3 Å². The Kier molecular flexibility index (Phi) is 4.93. The molecule has 4 rings (SSSR count). The maximum atomic E-state index is 13.1. The van der Waals surface area contributed by atoms with E-state index in [4.69, 9.17) is 9.15 Å². The van der Waals surface area contributed by atoms with Crippen LogP contribution in [0.4, 0.5) is 0 Å². The minimum absolute atomic E-state index is 0.128. The van der Waals surface area contributed by atoms with Crippen molar-refractivity contribution < 1.29 is 22.4 Å². The molecule has 2 aliphatic rings. The van der Waals surface area contributed by atoms with Gasteiger partial charge in [-0.05, 0) is 37.1 Å². The second-order valence-corrected chi connectivity index (χ2v) is 9.34. The van der Waals surface area contributed by atoms with E-state index in [0.717, 1.165) is 0 Å². The molecule has 1 aromatic heterocycles. The molecule has 1 aromatic carbocycles. The standard InChI is InChI=1S/C20H24N2O5S/c1-2-22-14-20(15-27-16-6-3-4-8-18(16)28(22,24)25)9-11-21(12-10-20)19(23)17-7-5-13-26-17/h3-8,13H,2,9-12,14-15H2,1H3. The van der Waals surface area contributed by atoms with Gasteiger partial charge in [-0.3, -0.25) is 4.79 Å². The number of carbonyl (C=O) groups is 1. The van der Waals surface area contributed by atoms with Gasteiger partial charge in [-0.1, -0.05) is 19.1 Å². The molecule has 1 amide bonds. The third kappa shape index (κ3) is 3.31. The fraction of sp³-hybridized carbons (Fsp3) is 0.450. The Bertz CT molecular complexity index is 947. The summed E-state index contributed by atoms with van der Waals surface area (Å²) in [7, 11) is -3.62. The first-order valence-corrected chi connectivity index (χ1v) is 10.9. The Morgan fingerprint density at radius 2 is 1.89 bits per heavy atom. The monoisotopic (exact) mass is 404 g/mol. The highest BCUT2D eigenvalue weighted by molar-refractivity contribution is 7.89. The van der Waals surface area contributed by atoms with Crippen LogP contribution in [0, 0.1) is 5.41 Å². The van der Waals surface area contributed by atoms with Crippen molar-refractivity contribution in [3.63, 3.8) is 0 Å². The maximum Gasteiger partial charge on any atom is 0.289 e. The zero-order valence-corrected chi connectivity index (χ0v) is 16.7. The Labute approximate surface area is 164 Å². The molecule has 0 bridgehead atoms. The van der Waals surface area contributed by atoms with Crippen molar-refractivity contribution in [2.75, 3.05) is 32.8 Å². The smallest absolute Gasteiger partial charge is 0.289 e. The summed E-state index contributed by atoms with van der Waals surface area (Å²) < 4.78 is 39.0. The number of fused-ring (bicyclic) bond motifs is 1. The number of hydrogen-bond acceptors (Lipinski definition) is 5. The summed E-state index contributed by atoms with van der Waals surface area (Å²) >= 11 is 0. The van der Waals surface area contributed by atoms with Gasteiger partial charge < -0.3 is 14.1 Å². The Balaban J connectivity index is 1.57. The van der Waals surface area contributed by atoms with E-state index >= 15 is 0 Å². The first kappa shape index (κ1) is 19.0. The lowest BCUT2D eigenvalue weighted by Crippen LogP contribution is -2.52. The minimum atomic E-state index is -3.62. The van der Waals surface area contributed by atoms with Crippen LogP contribution >= 0.6 is 0 Å². The summed E-state index contributed by atoms with van der Waals surface area (Å²) in [6, 6.07) is 10.1. The van der Waals surface area contributed by atoms with Gasteiger partial charge in [0, 0.05) is 31.6 Å². The van der Waals surface area contributed by atoms with Crippen molar-refractivity contribution in [2.45, 2.75) is 24.7 Å². The predicted octanol–water partition coefficient (Wildman–Crippen LogP) is 2.61. The van der Waals surface area contributed by atoms with E-state index < -0.39 is 10.0 Å². The average Bonchev–Trinajstić information content (AvgIpc) is 3.25. The highest BCUT2D eigenvalue weighted by Crippen LogP contribution is 2.39. The summed E-state index contributed by atoms with van der Waals surface area (Å²) in [6.07, 6.45) is 2.84. The van der Waals surface area contributed by atoms with E-state index in [1.165, 1.54) is 6.26 Å². The van der Waals surface area contributed by atoms with Crippen molar-refractivity contribution in [1.82, 2.24) is 9.21 Å².